The number of nitrogens with zero attached hydrogens (tertiary/aromatic N) is 4. The van der Waals surface area contributed by atoms with E-state index in [1.54, 1.807) is 0 Å². The Hall–Kier alpha value is -1.09. The molecule has 2 N–H and O–H groups in total. The van der Waals surface area contributed by atoms with Gasteiger partial charge in [0, 0.05) is 58.6 Å². The van der Waals surface area contributed by atoms with E-state index < -0.39 is 0 Å². The summed E-state index contributed by atoms with van der Waals surface area (Å²) in [5.74, 6) is 1.84. The quantitative estimate of drug-likeness (QED) is 0.276. The highest BCUT2D eigenvalue weighted by atomic mass is 127. The molecule has 2 rings (SSSR count). The first-order chi connectivity index (χ1) is 12.1. The van der Waals surface area contributed by atoms with Gasteiger partial charge < -0.3 is 20.4 Å². The van der Waals surface area contributed by atoms with E-state index in [9.17, 15) is 0 Å². The summed E-state index contributed by atoms with van der Waals surface area (Å²) in [6, 6.07) is 4.81. The summed E-state index contributed by atoms with van der Waals surface area (Å²) in [7, 11) is 5.85. The highest BCUT2D eigenvalue weighted by Gasteiger charge is 2.17. The smallest absolute Gasteiger partial charge is 0.191 e. The molecule has 26 heavy (non-hydrogen) atoms. The lowest BCUT2D eigenvalue weighted by molar-refractivity contribution is 0.159. The molecule has 0 aliphatic carbocycles. The van der Waals surface area contributed by atoms with Crippen molar-refractivity contribution in [1.82, 2.24) is 20.5 Å². The number of rotatable bonds is 7. The maximum atomic E-state index is 4.44. The average Bonchev–Trinajstić information content (AvgIpc) is 2.62. The summed E-state index contributed by atoms with van der Waals surface area (Å²) in [5.41, 5.74) is 1.16. The number of nitrogens with one attached hydrogen (secondary N) is 2. The van der Waals surface area contributed by atoms with Crippen LogP contribution in [0.4, 0.5) is 5.82 Å². The molecule has 0 bridgehead atoms. The fourth-order valence-corrected chi connectivity index (χ4v) is 3.35. The van der Waals surface area contributed by atoms with Crippen LogP contribution >= 0.6 is 24.0 Å². The molecule has 0 aromatic carbocycles. The van der Waals surface area contributed by atoms with Gasteiger partial charge in [0.25, 0.3) is 0 Å². The maximum absolute atomic E-state index is 4.44. The molecule has 1 saturated heterocycles. The first-order valence-electron chi connectivity index (χ1n) is 9.41. The van der Waals surface area contributed by atoms with Gasteiger partial charge in [-0.15, -0.1) is 24.0 Å². The largest absolute Gasteiger partial charge is 0.362 e. The highest BCUT2D eigenvalue weighted by molar-refractivity contribution is 14.0. The van der Waals surface area contributed by atoms with Gasteiger partial charge >= 0.3 is 0 Å². The third-order valence-corrected chi connectivity index (χ3v) is 4.82. The average molecular weight is 474 g/mol. The number of aliphatic imine (C=N–C) groups is 1. The van der Waals surface area contributed by atoms with Crippen LogP contribution in [0.3, 0.4) is 0 Å². The molecule has 7 heteroatoms. The Morgan fingerprint density at radius 3 is 2.85 bits per heavy atom. The Bertz CT molecular complexity index is 549. The normalized spacial score (nSPS) is 18.2. The predicted octanol–water partition coefficient (Wildman–Crippen LogP) is 2.70. The highest BCUT2D eigenvalue weighted by Crippen LogP contribution is 2.16. The Balaban J connectivity index is 0.00000338. The van der Waals surface area contributed by atoms with Crippen molar-refractivity contribution < 1.29 is 0 Å². The first-order valence-corrected chi connectivity index (χ1v) is 9.41. The molecule has 0 amide bonds. The van der Waals surface area contributed by atoms with Crippen LogP contribution in [0.25, 0.3) is 0 Å². The SMILES string of the molecule is CN=C(NCCCN1CCCCC1C)NCc1cccnc1N(C)C.I. The third-order valence-electron chi connectivity index (χ3n) is 4.82. The molecule has 0 saturated carbocycles. The fraction of sp³-hybridized carbons (Fsp3) is 0.684. The number of hydrogen-bond donors (Lipinski definition) is 2. The van der Waals surface area contributed by atoms with E-state index in [1.807, 2.05) is 38.3 Å². The lowest BCUT2D eigenvalue weighted by atomic mass is 10.0. The number of halogens is 1. The van der Waals surface area contributed by atoms with Crippen molar-refractivity contribution in [1.29, 1.82) is 0 Å². The van der Waals surface area contributed by atoms with Gasteiger partial charge in [-0.1, -0.05) is 12.5 Å². The van der Waals surface area contributed by atoms with Crippen molar-refractivity contribution in [3.63, 3.8) is 0 Å². The van der Waals surface area contributed by atoms with Crippen molar-refractivity contribution in [2.75, 3.05) is 45.7 Å². The molecule has 2 heterocycles. The first kappa shape index (κ1) is 23.0. The van der Waals surface area contributed by atoms with Crippen LogP contribution in [0, 0.1) is 0 Å². The van der Waals surface area contributed by atoms with Crippen molar-refractivity contribution in [2.45, 2.75) is 45.2 Å². The van der Waals surface area contributed by atoms with E-state index >= 15 is 0 Å². The standard InChI is InChI=1S/C19H34N6.HI/c1-16-9-5-6-13-25(16)14-8-12-22-19(20-2)23-15-17-10-7-11-21-18(17)24(3)4;/h7,10-11,16H,5-6,8-9,12-15H2,1-4H3,(H2,20,22,23);1H. The van der Waals surface area contributed by atoms with E-state index in [0.29, 0.717) is 6.54 Å². The Morgan fingerprint density at radius 1 is 1.35 bits per heavy atom. The minimum absolute atomic E-state index is 0. The van der Waals surface area contributed by atoms with Gasteiger partial charge in [-0.25, -0.2) is 4.98 Å². The lowest BCUT2D eigenvalue weighted by Gasteiger charge is -2.33. The van der Waals surface area contributed by atoms with Crippen LogP contribution in [0.15, 0.2) is 23.3 Å². The molecule has 1 aromatic rings. The second kappa shape index (κ2) is 12.3. The van der Waals surface area contributed by atoms with Crippen molar-refractivity contribution in [3.8, 4) is 0 Å². The van der Waals surface area contributed by atoms with Crippen LogP contribution in [0.2, 0.25) is 0 Å². The van der Waals surface area contributed by atoms with Crippen LogP contribution in [-0.4, -0.2) is 62.7 Å². The predicted molar refractivity (Wildman–Crippen MR) is 122 cm³/mol. The molecule has 148 valence electrons. The van der Waals surface area contributed by atoms with E-state index in [4.69, 9.17) is 0 Å². The number of aromatic nitrogens is 1. The van der Waals surface area contributed by atoms with E-state index in [-0.39, 0.29) is 24.0 Å². The van der Waals surface area contributed by atoms with E-state index in [0.717, 1.165) is 36.3 Å². The van der Waals surface area contributed by atoms with E-state index in [2.05, 4.69) is 38.5 Å². The molecule has 1 aromatic heterocycles. The Kier molecular flexibility index (Phi) is 10.9. The summed E-state index contributed by atoms with van der Waals surface area (Å²) in [4.78, 5) is 13.4. The Morgan fingerprint density at radius 2 is 2.15 bits per heavy atom. The van der Waals surface area contributed by atoms with Gasteiger partial charge in [-0.05, 0) is 38.8 Å². The second-order valence-corrected chi connectivity index (χ2v) is 6.97. The Labute approximate surface area is 175 Å². The molecule has 1 fully saturated rings. The summed E-state index contributed by atoms with van der Waals surface area (Å²) in [6.45, 7) is 6.42. The van der Waals surface area contributed by atoms with Crippen LogP contribution in [-0.2, 0) is 6.54 Å². The number of hydrogen-bond acceptors (Lipinski definition) is 4. The fourth-order valence-electron chi connectivity index (χ4n) is 3.35. The summed E-state index contributed by atoms with van der Waals surface area (Å²) >= 11 is 0. The molecular weight excluding hydrogens is 439 g/mol. The summed E-state index contributed by atoms with van der Waals surface area (Å²) < 4.78 is 0. The monoisotopic (exact) mass is 474 g/mol. The van der Waals surface area contributed by atoms with Crippen LogP contribution in [0.5, 0.6) is 0 Å². The number of anilines is 1. The molecule has 1 aliphatic rings. The molecule has 0 spiro atoms. The van der Waals surface area contributed by atoms with Gasteiger partial charge in [0.05, 0.1) is 0 Å². The second-order valence-electron chi connectivity index (χ2n) is 6.97. The van der Waals surface area contributed by atoms with E-state index in [1.165, 1.54) is 32.4 Å². The van der Waals surface area contributed by atoms with Crippen LogP contribution < -0.4 is 15.5 Å². The number of guanidine groups is 1. The molecule has 1 aliphatic heterocycles. The van der Waals surface area contributed by atoms with Gasteiger partial charge in [0.15, 0.2) is 5.96 Å². The topological polar surface area (TPSA) is 55.8 Å². The lowest BCUT2D eigenvalue weighted by Crippen LogP contribution is -2.41. The summed E-state index contributed by atoms with van der Waals surface area (Å²) in [6.07, 6.45) is 7.04. The van der Waals surface area contributed by atoms with Gasteiger partial charge in [-0.2, -0.15) is 0 Å². The zero-order valence-corrected chi connectivity index (χ0v) is 19.0. The van der Waals surface area contributed by atoms with Gasteiger partial charge in [0.1, 0.15) is 5.82 Å². The molecular formula is C19H35IN6. The number of likely N-dealkylation sites (tertiary alicyclic amines) is 1. The third kappa shape index (κ3) is 7.26. The summed E-state index contributed by atoms with van der Waals surface area (Å²) in [5, 5.41) is 6.81. The minimum atomic E-state index is 0. The zero-order valence-electron chi connectivity index (χ0n) is 16.7. The minimum Gasteiger partial charge on any atom is -0.362 e. The molecule has 6 nitrogen and oxygen atoms in total. The van der Waals surface area contributed by atoms with Crippen molar-refractivity contribution in [3.05, 3.63) is 23.9 Å². The molecule has 1 atom stereocenters. The van der Waals surface area contributed by atoms with Crippen molar-refractivity contribution >= 4 is 35.8 Å². The number of pyridine rings is 1. The number of piperidine rings is 1. The van der Waals surface area contributed by atoms with Gasteiger partial charge in [0.2, 0.25) is 0 Å². The molecule has 0 radical (unpaired) electrons. The van der Waals surface area contributed by atoms with Gasteiger partial charge in [-0.3, -0.25) is 4.99 Å². The zero-order chi connectivity index (χ0) is 18.1. The van der Waals surface area contributed by atoms with Crippen molar-refractivity contribution in [2.24, 2.45) is 4.99 Å². The van der Waals surface area contributed by atoms with Crippen LogP contribution in [0.1, 0.15) is 38.2 Å². The maximum Gasteiger partial charge on any atom is 0.191 e. The molecule has 1 unspecified atom stereocenters.